The third kappa shape index (κ3) is 9.52. The zero-order chi connectivity index (χ0) is 31.4. The van der Waals surface area contributed by atoms with Gasteiger partial charge in [-0.15, -0.1) is 0 Å². The lowest BCUT2D eigenvalue weighted by molar-refractivity contribution is -0.138. The Morgan fingerprint density at radius 1 is 0.953 bits per heavy atom. The summed E-state index contributed by atoms with van der Waals surface area (Å²) in [5.74, 6) is -2.16. The molecule has 2 heterocycles. The number of benzene rings is 1. The number of carbonyl (C=O) groups excluding carboxylic acids is 5. The summed E-state index contributed by atoms with van der Waals surface area (Å²) in [7, 11) is 0. The van der Waals surface area contributed by atoms with Gasteiger partial charge in [0.25, 0.3) is 0 Å². The second-order valence-corrected chi connectivity index (χ2v) is 11.1. The Kier molecular flexibility index (Phi) is 12.0. The lowest BCUT2D eigenvalue weighted by Crippen LogP contribution is -2.63. The molecule has 0 saturated carbocycles. The molecule has 0 radical (unpaired) electrons. The standard InChI is InChI=1S/C31H43N7O5/c1-5-22-27(40)37-25(21-12-7-6-8-13-21)29(42)34-19-16-31(4,38-26(39)20(2)3)30(43)36-23(28(41)35-22)14-11-18-33-24-15-9-10-17-32-24/h6-10,12-13,15,17,20,22-23,25H,5,11,14,16,18-19H2,1-4H3,(H,32,33)(H,34,42)(H,35,41)(H,36,43)(H,37,40)(H,38,39)/t22-,23-,25+,31+/m0/s1. The Morgan fingerprint density at radius 3 is 2.30 bits per heavy atom. The monoisotopic (exact) mass is 593 g/mol. The molecule has 0 bridgehead atoms. The van der Waals surface area contributed by atoms with Crippen molar-refractivity contribution in [2.24, 2.45) is 5.92 Å². The molecule has 0 spiro atoms. The van der Waals surface area contributed by atoms with E-state index >= 15 is 0 Å². The van der Waals surface area contributed by atoms with Crippen molar-refractivity contribution < 1.29 is 24.0 Å². The van der Waals surface area contributed by atoms with E-state index in [9.17, 15) is 24.0 Å². The minimum Gasteiger partial charge on any atom is -0.370 e. The zero-order valence-corrected chi connectivity index (χ0v) is 25.2. The molecule has 1 aromatic heterocycles. The van der Waals surface area contributed by atoms with Crippen LogP contribution in [0.5, 0.6) is 0 Å². The van der Waals surface area contributed by atoms with Crippen molar-refractivity contribution in [2.45, 2.75) is 77.0 Å². The predicted octanol–water partition coefficient (Wildman–Crippen LogP) is 1.56. The lowest BCUT2D eigenvalue weighted by atomic mass is 9.94. The smallest absolute Gasteiger partial charge is 0.247 e. The van der Waals surface area contributed by atoms with Gasteiger partial charge in [0.1, 0.15) is 29.5 Å². The van der Waals surface area contributed by atoms with Crippen LogP contribution in [-0.2, 0) is 24.0 Å². The molecule has 4 atom stereocenters. The molecule has 2 aromatic rings. The first kappa shape index (κ1) is 33.0. The molecule has 3 rings (SSSR count). The Balaban J connectivity index is 1.89. The van der Waals surface area contributed by atoms with E-state index in [-0.39, 0.29) is 31.7 Å². The Hall–Kier alpha value is -4.48. The predicted molar refractivity (Wildman–Crippen MR) is 162 cm³/mol. The van der Waals surface area contributed by atoms with Crippen molar-refractivity contribution in [3.05, 3.63) is 60.3 Å². The number of amides is 5. The number of hydrogen-bond acceptors (Lipinski definition) is 7. The van der Waals surface area contributed by atoms with Gasteiger partial charge >= 0.3 is 0 Å². The zero-order valence-electron chi connectivity index (χ0n) is 25.2. The van der Waals surface area contributed by atoms with Gasteiger partial charge in [0.05, 0.1) is 0 Å². The van der Waals surface area contributed by atoms with Crippen molar-refractivity contribution in [1.82, 2.24) is 31.6 Å². The quantitative estimate of drug-likeness (QED) is 0.240. The van der Waals surface area contributed by atoms with Gasteiger partial charge < -0.3 is 31.9 Å². The number of pyridine rings is 1. The largest absolute Gasteiger partial charge is 0.370 e. The Labute approximate surface area is 252 Å². The van der Waals surface area contributed by atoms with E-state index in [4.69, 9.17) is 0 Å². The fourth-order valence-electron chi connectivity index (χ4n) is 4.58. The molecule has 1 fully saturated rings. The molecule has 1 aromatic carbocycles. The normalized spacial score (nSPS) is 23.7. The second kappa shape index (κ2) is 15.7. The molecule has 5 amide bonds. The first-order valence-corrected chi connectivity index (χ1v) is 14.8. The van der Waals surface area contributed by atoms with Crippen LogP contribution in [0.2, 0.25) is 0 Å². The van der Waals surface area contributed by atoms with Crippen LogP contribution in [0.15, 0.2) is 54.7 Å². The maximum atomic E-state index is 13.7. The summed E-state index contributed by atoms with van der Waals surface area (Å²) in [6.45, 7) is 7.26. The third-order valence-corrected chi connectivity index (χ3v) is 7.33. The van der Waals surface area contributed by atoms with Crippen molar-refractivity contribution in [2.75, 3.05) is 18.4 Å². The first-order valence-electron chi connectivity index (χ1n) is 14.8. The highest BCUT2D eigenvalue weighted by atomic mass is 16.2. The van der Waals surface area contributed by atoms with Crippen molar-refractivity contribution >= 4 is 35.4 Å². The van der Waals surface area contributed by atoms with Gasteiger partial charge in [-0.05, 0) is 50.3 Å². The van der Waals surface area contributed by atoms with Crippen LogP contribution < -0.4 is 31.9 Å². The van der Waals surface area contributed by atoms with Crippen molar-refractivity contribution in [1.29, 1.82) is 0 Å². The van der Waals surface area contributed by atoms with E-state index in [1.807, 2.05) is 18.2 Å². The highest BCUT2D eigenvalue weighted by Crippen LogP contribution is 2.17. The van der Waals surface area contributed by atoms with E-state index in [1.54, 1.807) is 64.2 Å². The molecule has 6 N–H and O–H groups in total. The number of aromatic nitrogens is 1. The Morgan fingerprint density at radius 2 is 1.65 bits per heavy atom. The van der Waals surface area contributed by atoms with E-state index in [1.165, 1.54) is 0 Å². The summed E-state index contributed by atoms with van der Waals surface area (Å²) in [6, 6.07) is 11.3. The summed E-state index contributed by atoms with van der Waals surface area (Å²) < 4.78 is 0. The topological polar surface area (TPSA) is 170 Å². The van der Waals surface area contributed by atoms with Crippen LogP contribution in [0.1, 0.15) is 65.0 Å². The summed E-state index contributed by atoms with van der Waals surface area (Å²) in [5.41, 5.74) is -0.868. The number of rotatable bonds is 9. The van der Waals surface area contributed by atoms with Crippen LogP contribution in [0.3, 0.4) is 0 Å². The van der Waals surface area contributed by atoms with Gasteiger partial charge in [-0.2, -0.15) is 0 Å². The van der Waals surface area contributed by atoms with Crippen molar-refractivity contribution in [3.8, 4) is 0 Å². The molecular weight excluding hydrogens is 550 g/mol. The fraction of sp³-hybridized carbons (Fsp3) is 0.484. The van der Waals surface area contributed by atoms with Gasteiger partial charge in [-0.1, -0.05) is 57.2 Å². The van der Waals surface area contributed by atoms with Gasteiger partial charge in [0.2, 0.25) is 29.5 Å². The number of carbonyl (C=O) groups is 5. The Bertz CT molecular complexity index is 1260. The fourth-order valence-corrected chi connectivity index (χ4v) is 4.58. The van der Waals surface area contributed by atoms with E-state index in [0.717, 1.165) is 0 Å². The van der Waals surface area contributed by atoms with Gasteiger partial charge in [-0.3, -0.25) is 24.0 Å². The second-order valence-electron chi connectivity index (χ2n) is 11.1. The van der Waals surface area contributed by atoms with Crippen LogP contribution in [0.25, 0.3) is 0 Å². The minimum absolute atomic E-state index is 0.0302. The highest BCUT2D eigenvalue weighted by Gasteiger charge is 2.38. The maximum absolute atomic E-state index is 13.7. The summed E-state index contributed by atoms with van der Waals surface area (Å²) in [6.07, 6.45) is 2.73. The number of nitrogens with one attached hydrogen (secondary N) is 6. The average molecular weight is 594 g/mol. The van der Waals surface area contributed by atoms with E-state index in [0.29, 0.717) is 24.3 Å². The first-order chi connectivity index (χ1) is 20.5. The average Bonchev–Trinajstić information content (AvgIpc) is 3.00. The highest BCUT2D eigenvalue weighted by molar-refractivity contribution is 5.97. The molecule has 12 heteroatoms. The van der Waals surface area contributed by atoms with Crippen LogP contribution in [-0.4, -0.2) is 65.2 Å². The summed E-state index contributed by atoms with van der Waals surface area (Å²) in [4.78, 5) is 70.9. The van der Waals surface area contributed by atoms with Crippen LogP contribution in [0.4, 0.5) is 5.82 Å². The van der Waals surface area contributed by atoms with Gasteiger partial charge in [0, 0.05) is 25.2 Å². The van der Waals surface area contributed by atoms with Crippen LogP contribution in [0, 0.1) is 5.92 Å². The molecular formula is C31H43N7O5. The molecule has 1 saturated heterocycles. The van der Waals surface area contributed by atoms with Crippen LogP contribution >= 0.6 is 0 Å². The van der Waals surface area contributed by atoms with E-state index in [2.05, 4.69) is 36.9 Å². The molecule has 1 aliphatic rings. The number of anilines is 1. The number of hydrogen-bond donors (Lipinski definition) is 6. The molecule has 12 nitrogen and oxygen atoms in total. The summed E-state index contributed by atoms with van der Waals surface area (Å²) in [5, 5.41) is 17.1. The van der Waals surface area contributed by atoms with Crippen molar-refractivity contribution in [3.63, 3.8) is 0 Å². The van der Waals surface area contributed by atoms with Gasteiger partial charge in [-0.25, -0.2) is 4.98 Å². The molecule has 0 unspecified atom stereocenters. The minimum atomic E-state index is -1.43. The molecule has 232 valence electrons. The summed E-state index contributed by atoms with van der Waals surface area (Å²) >= 11 is 0. The SMILES string of the molecule is CC[C@@H]1NC(=O)[C@H](CCCNc2ccccn2)NC(=O)[C@](C)(NC(=O)C(C)C)CCNC(=O)[C@@H](c2ccccc2)NC1=O. The third-order valence-electron chi connectivity index (χ3n) is 7.33. The molecule has 1 aliphatic heterocycles. The van der Waals surface area contributed by atoms with Gasteiger partial charge in [0.15, 0.2) is 0 Å². The molecule has 43 heavy (non-hydrogen) atoms. The maximum Gasteiger partial charge on any atom is 0.247 e. The lowest BCUT2D eigenvalue weighted by Gasteiger charge is -2.33. The molecule has 0 aliphatic carbocycles. The number of nitrogens with zero attached hydrogens (tertiary/aromatic N) is 1. The van der Waals surface area contributed by atoms with E-state index < -0.39 is 53.2 Å².